The topological polar surface area (TPSA) is 61.4 Å². The van der Waals surface area contributed by atoms with E-state index in [4.69, 9.17) is 0 Å². The third-order valence-electron chi connectivity index (χ3n) is 5.83. The summed E-state index contributed by atoms with van der Waals surface area (Å²) in [6.45, 7) is 9.26. The predicted octanol–water partition coefficient (Wildman–Crippen LogP) is 3.55. The van der Waals surface area contributed by atoms with Gasteiger partial charge < -0.3 is 15.1 Å². The van der Waals surface area contributed by atoms with Gasteiger partial charge in [0.25, 0.3) is 0 Å². The van der Waals surface area contributed by atoms with Gasteiger partial charge in [0.2, 0.25) is 5.91 Å². The van der Waals surface area contributed by atoms with Crippen molar-refractivity contribution in [2.45, 2.75) is 58.8 Å². The van der Waals surface area contributed by atoms with Crippen LogP contribution in [0.3, 0.4) is 0 Å². The van der Waals surface area contributed by atoms with Gasteiger partial charge in [0.15, 0.2) is 0 Å². The first-order valence-electron chi connectivity index (χ1n) is 10.7. The van der Waals surface area contributed by atoms with E-state index in [0.717, 1.165) is 63.6 Å². The molecule has 6 heteroatoms. The van der Waals surface area contributed by atoms with Crippen LogP contribution in [0.1, 0.15) is 58.8 Å². The van der Waals surface area contributed by atoms with Gasteiger partial charge in [0, 0.05) is 45.2 Å². The Morgan fingerprint density at radius 1 is 1.22 bits per heavy atom. The van der Waals surface area contributed by atoms with Gasteiger partial charge in [-0.1, -0.05) is 13.8 Å². The zero-order chi connectivity index (χ0) is 19.1. The minimum absolute atomic E-state index is 0.353. The third kappa shape index (κ3) is 5.81. The number of nitrogens with zero attached hydrogens (tertiary/aromatic N) is 4. The van der Waals surface area contributed by atoms with Crippen LogP contribution in [0.15, 0.2) is 12.4 Å². The van der Waals surface area contributed by atoms with Crippen LogP contribution in [0, 0.1) is 11.8 Å². The molecule has 0 radical (unpaired) electrons. The Bertz CT molecular complexity index is 608. The summed E-state index contributed by atoms with van der Waals surface area (Å²) in [5.74, 6) is 3.49. The summed E-state index contributed by atoms with van der Waals surface area (Å²) >= 11 is 0. The number of aromatic nitrogens is 2. The second kappa shape index (κ2) is 9.90. The van der Waals surface area contributed by atoms with Crippen molar-refractivity contribution in [3.8, 4) is 0 Å². The van der Waals surface area contributed by atoms with Crippen molar-refractivity contribution in [1.29, 1.82) is 0 Å². The Hall–Kier alpha value is -1.85. The molecule has 0 saturated carbocycles. The molecule has 3 rings (SSSR count). The van der Waals surface area contributed by atoms with Gasteiger partial charge in [0.05, 0.1) is 0 Å². The van der Waals surface area contributed by atoms with E-state index in [1.54, 1.807) is 6.33 Å². The van der Waals surface area contributed by atoms with Crippen molar-refractivity contribution < 1.29 is 4.79 Å². The Balaban J connectivity index is 1.50. The fourth-order valence-corrected chi connectivity index (χ4v) is 4.28. The number of carbonyl (C=O) groups excluding carboxylic acids is 1. The van der Waals surface area contributed by atoms with Crippen molar-refractivity contribution in [3.05, 3.63) is 12.4 Å². The van der Waals surface area contributed by atoms with Gasteiger partial charge in [0.1, 0.15) is 18.0 Å². The van der Waals surface area contributed by atoms with E-state index in [9.17, 15) is 4.79 Å². The van der Waals surface area contributed by atoms with E-state index < -0.39 is 0 Å². The molecular formula is C21H35N5O. The predicted molar refractivity (Wildman–Crippen MR) is 110 cm³/mol. The number of carbonyl (C=O) groups is 1. The lowest BCUT2D eigenvalue weighted by atomic mass is 9.92. The molecule has 27 heavy (non-hydrogen) atoms. The molecule has 1 amide bonds. The van der Waals surface area contributed by atoms with Crippen molar-refractivity contribution >= 4 is 17.5 Å². The maximum atomic E-state index is 12.6. The molecule has 6 nitrogen and oxygen atoms in total. The highest BCUT2D eigenvalue weighted by atomic mass is 16.2. The number of hydrogen-bond acceptors (Lipinski definition) is 5. The lowest BCUT2D eigenvalue weighted by Crippen LogP contribution is -2.40. The molecule has 1 N–H and O–H groups in total. The first kappa shape index (κ1) is 19.9. The minimum atomic E-state index is 0.353. The molecule has 2 aliphatic heterocycles. The number of anilines is 2. The van der Waals surface area contributed by atoms with Crippen LogP contribution in [-0.2, 0) is 4.79 Å². The third-order valence-corrected chi connectivity index (χ3v) is 5.83. The molecule has 1 aromatic rings. The van der Waals surface area contributed by atoms with Gasteiger partial charge in [-0.05, 0) is 50.4 Å². The number of piperidine rings is 2. The minimum Gasteiger partial charge on any atom is -0.370 e. The highest BCUT2D eigenvalue weighted by molar-refractivity contribution is 5.76. The molecule has 0 aromatic carbocycles. The summed E-state index contributed by atoms with van der Waals surface area (Å²) in [7, 11) is 0. The molecule has 0 spiro atoms. The fraction of sp³-hybridized carbons (Fsp3) is 0.762. The van der Waals surface area contributed by atoms with Crippen molar-refractivity contribution in [3.63, 3.8) is 0 Å². The van der Waals surface area contributed by atoms with E-state index >= 15 is 0 Å². The summed E-state index contributed by atoms with van der Waals surface area (Å²) in [4.78, 5) is 25.8. The first-order chi connectivity index (χ1) is 13.2. The van der Waals surface area contributed by atoms with Crippen LogP contribution in [0.25, 0.3) is 0 Å². The van der Waals surface area contributed by atoms with Crippen LogP contribution in [0.2, 0.25) is 0 Å². The molecule has 2 atom stereocenters. The molecular weight excluding hydrogens is 338 g/mol. The lowest BCUT2D eigenvalue weighted by Gasteiger charge is -2.35. The maximum Gasteiger partial charge on any atom is 0.222 e. The number of hydrogen-bond donors (Lipinski definition) is 1. The Morgan fingerprint density at radius 2 is 2.07 bits per heavy atom. The molecule has 0 bridgehead atoms. The van der Waals surface area contributed by atoms with Gasteiger partial charge in [-0.3, -0.25) is 4.79 Å². The van der Waals surface area contributed by atoms with E-state index in [0.29, 0.717) is 24.2 Å². The number of nitrogens with one attached hydrogen (secondary N) is 1. The first-order valence-corrected chi connectivity index (χ1v) is 10.7. The zero-order valence-corrected chi connectivity index (χ0v) is 17.0. The van der Waals surface area contributed by atoms with Crippen LogP contribution >= 0.6 is 0 Å². The monoisotopic (exact) mass is 373 g/mol. The highest BCUT2D eigenvalue weighted by Gasteiger charge is 2.25. The second-order valence-electron chi connectivity index (χ2n) is 8.27. The Labute approximate surface area is 163 Å². The molecule has 1 aromatic heterocycles. The average Bonchev–Trinajstić information content (AvgIpc) is 2.71. The molecule has 0 unspecified atom stereocenters. The number of amides is 1. The lowest BCUT2D eigenvalue weighted by molar-refractivity contribution is -0.133. The fourth-order valence-electron chi connectivity index (χ4n) is 4.28. The summed E-state index contributed by atoms with van der Waals surface area (Å²) < 4.78 is 0. The van der Waals surface area contributed by atoms with E-state index in [1.807, 2.05) is 0 Å². The van der Waals surface area contributed by atoms with Crippen LogP contribution in [0.5, 0.6) is 0 Å². The quantitative estimate of drug-likeness (QED) is 0.792. The smallest absolute Gasteiger partial charge is 0.222 e. The summed E-state index contributed by atoms with van der Waals surface area (Å²) in [6, 6.07) is 2.05. The van der Waals surface area contributed by atoms with Gasteiger partial charge in [-0.2, -0.15) is 0 Å². The standard InChI is InChI=1S/C21H35N5O/c1-3-10-22-19-13-20(24-16-23-19)25-11-5-7-18(15-25)8-9-21(27)26-12-4-6-17(2)14-26/h13,16-18H,3-12,14-15H2,1-2H3,(H,22,23,24)/t17-,18-/m0/s1. The number of likely N-dealkylation sites (tertiary alicyclic amines) is 1. The molecule has 2 fully saturated rings. The van der Waals surface area contributed by atoms with Crippen LogP contribution in [-0.4, -0.2) is 53.5 Å². The van der Waals surface area contributed by atoms with Gasteiger partial charge >= 0.3 is 0 Å². The van der Waals surface area contributed by atoms with Gasteiger partial charge in [-0.25, -0.2) is 9.97 Å². The average molecular weight is 374 g/mol. The Kier molecular flexibility index (Phi) is 7.30. The second-order valence-corrected chi connectivity index (χ2v) is 8.27. The van der Waals surface area contributed by atoms with Crippen LogP contribution in [0.4, 0.5) is 11.6 Å². The molecule has 150 valence electrons. The number of rotatable bonds is 7. The normalized spacial score (nSPS) is 23.3. The summed E-state index contributed by atoms with van der Waals surface area (Å²) in [5, 5.41) is 3.34. The van der Waals surface area contributed by atoms with Gasteiger partial charge in [-0.15, -0.1) is 0 Å². The largest absolute Gasteiger partial charge is 0.370 e. The van der Waals surface area contributed by atoms with Crippen molar-refractivity contribution in [1.82, 2.24) is 14.9 Å². The maximum absolute atomic E-state index is 12.6. The molecule has 2 saturated heterocycles. The van der Waals surface area contributed by atoms with E-state index in [-0.39, 0.29) is 0 Å². The van der Waals surface area contributed by atoms with Crippen LogP contribution < -0.4 is 10.2 Å². The highest BCUT2D eigenvalue weighted by Crippen LogP contribution is 2.26. The molecule has 2 aliphatic rings. The van der Waals surface area contributed by atoms with Crippen molar-refractivity contribution in [2.75, 3.05) is 42.9 Å². The molecule has 0 aliphatic carbocycles. The SMILES string of the molecule is CCCNc1cc(N2CCC[C@@H](CCC(=O)N3CCC[C@H](C)C3)C2)ncn1. The van der Waals surface area contributed by atoms with E-state index in [2.05, 4.69) is 45.0 Å². The summed E-state index contributed by atoms with van der Waals surface area (Å²) in [6.07, 6.45) is 9.21. The Morgan fingerprint density at radius 3 is 2.89 bits per heavy atom. The van der Waals surface area contributed by atoms with E-state index in [1.165, 1.54) is 19.3 Å². The molecule has 3 heterocycles. The zero-order valence-electron chi connectivity index (χ0n) is 17.0. The summed E-state index contributed by atoms with van der Waals surface area (Å²) in [5.41, 5.74) is 0. The van der Waals surface area contributed by atoms with Crippen molar-refractivity contribution in [2.24, 2.45) is 11.8 Å².